The van der Waals surface area contributed by atoms with Crippen LogP contribution < -0.4 is 10.1 Å². The van der Waals surface area contributed by atoms with Crippen molar-refractivity contribution in [3.05, 3.63) is 28.7 Å². The molecule has 0 saturated carbocycles. The van der Waals surface area contributed by atoms with Crippen molar-refractivity contribution in [2.75, 3.05) is 12.4 Å². The molecule has 0 spiro atoms. The Morgan fingerprint density at radius 2 is 2.26 bits per heavy atom. The zero-order valence-electron chi connectivity index (χ0n) is 11.1. The van der Waals surface area contributed by atoms with Crippen LogP contribution in [0.4, 0.5) is 5.82 Å². The van der Waals surface area contributed by atoms with E-state index in [9.17, 15) is 0 Å². The van der Waals surface area contributed by atoms with Gasteiger partial charge in [-0.2, -0.15) is 10.1 Å². The summed E-state index contributed by atoms with van der Waals surface area (Å²) in [6, 6.07) is 0.286. The third-order valence-corrected chi connectivity index (χ3v) is 2.95. The average Bonchev–Trinajstić information content (AvgIpc) is 2.78. The van der Waals surface area contributed by atoms with Crippen LogP contribution in [0.5, 0.6) is 6.01 Å². The summed E-state index contributed by atoms with van der Waals surface area (Å²) in [5.74, 6) is 0.555. The molecule has 102 valence electrons. The van der Waals surface area contributed by atoms with E-state index >= 15 is 0 Å². The number of hydrogen-bond acceptors (Lipinski definition) is 5. The van der Waals surface area contributed by atoms with E-state index < -0.39 is 0 Å². The van der Waals surface area contributed by atoms with Crippen molar-refractivity contribution in [3.8, 4) is 6.01 Å². The van der Waals surface area contributed by atoms with Crippen LogP contribution in [0.3, 0.4) is 0 Å². The van der Waals surface area contributed by atoms with Crippen molar-refractivity contribution in [1.29, 1.82) is 0 Å². The number of rotatable bonds is 5. The summed E-state index contributed by atoms with van der Waals surface area (Å²) < 4.78 is 6.78. The molecule has 0 aromatic carbocycles. The molecule has 0 fully saturated rings. The first-order chi connectivity index (χ1) is 9.13. The van der Waals surface area contributed by atoms with E-state index in [2.05, 4.69) is 27.3 Å². The molecule has 0 atom stereocenters. The summed E-state index contributed by atoms with van der Waals surface area (Å²) >= 11 is 6.03. The van der Waals surface area contributed by atoms with Crippen LogP contribution >= 0.6 is 11.6 Å². The van der Waals surface area contributed by atoms with Crippen LogP contribution in [-0.4, -0.2) is 26.9 Å². The fraction of sp³-hybridized carbons (Fsp3) is 0.417. The van der Waals surface area contributed by atoms with Gasteiger partial charge in [-0.15, -0.1) is 0 Å². The Hall–Kier alpha value is -1.82. The van der Waals surface area contributed by atoms with Gasteiger partial charge in [0, 0.05) is 25.4 Å². The molecular weight excluding hydrogens is 266 g/mol. The quantitative estimate of drug-likeness (QED) is 0.909. The number of nitrogens with zero attached hydrogens (tertiary/aromatic N) is 4. The molecule has 0 bridgehead atoms. The highest BCUT2D eigenvalue weighted by atomic mass is 35.5. The number of nitrogens with one attached hydrogen (secondary N) is 1. The van der Waals surface area contributed by atoms with E-state index in [1.54, 1.807) is 4.68 Å². The van der Waals surface area contributed by atoms with Gasteiger partial charge in [-0.1, -0.05) is 18.5 Å². The maximum Gasteiger partial charge on any atom is 0.318 e. The molecule has 0 amide bonds. The van der Waals surface area contributed by atoms with E-state index in [1.807, 2.05) is 13.2 Å². The van der Waals surface area contributed by atoms with Gasteiger partial charge < -0.3 is 10.1 Å². The second kappa shape index (κ2) is 5.88. The number of aryl methyl sites for hydroxylation is 2. The normalized spacial score (nSPS) is 10.5. The number of methoxy groups -OCH3 is 1. The van der Waals surface area contributed by atoms with Gasteiger partial charge >= 0.3 is 6.01 Å². The molecular formula is C12H16ClN5O. The zero-order valence-corrected chi connectivity index (χ0v) is 11.9. The predicted molar refractivity (Wildman–Crippen MR) is 73.5 cm³/mol. The Morgan fingerprint density at radius 3 is 2.95 bits per heavy atom. The maximum absolute atomic E-state index is 6.03. The monoisotopic (exact) mass is 281 g/mol. The molecule has 6 nitrogen and oxygen atoms in total. The summed E-state index contributed by atoms with van der Waals surface area (Å²) in [7, 11) is 3.42. The molecule has 0 aliphatic heterocycles. The Balaban J connectivity index is 2.13. The van der Waals surface area contributed by atoms with Crippen molar-refractivity contribution >= 4 is 17.4 Å². The first kappa shape index (κ1) is 13.6. The number of ether oxygens (including phenoxy) is 1. The minimum absolute atomic E-state index is 0.286. The first-order valence-corrected chi connectivity index (χ1v) is 6.33. The average molecular weight is 282 g/mol. The summed E-state index contributed by atoms with van der Waals surface area (Å²) in [6.45, 7) is 2.68. The molecule has 0 unspecified atom stereocenters. The van der Waals surface area contributed by atoms with E-state index in [0.29, 0.717) is 17.4 Å². The highest BCUT2D eigenvalue weighted by molar-refractivity contribution is 6.32. The molecule has 0 saturated heterocycles. The van der Waals surface area contributed by atoms with Crippen LogP contribution in [0, 0.1) is 0 Å². The lowest BCUT2D eigenvalue weighted by Gasteiger charge is -2.07. The zero-order chi connectivity index (χ0) is 13.8. The van der Waals surface area contributed by atoms with Gasteiger partial charge in [-0.05, 0) is 6.42 Å². The van der Waals surface area contributed by atoms with Crippen LogP contribution in [0.25, 0.3) is 0 Å². The Bertz CT molecular complexity index is 569. The third-order valence-electron chi connectivity index (χ3n) is 2.68. The smallest absolute Gasteiger partial charge is 0.318 e. The minimum atomic E-state index is 0.286. The highest BCUT2D eigenvalue weighted by Crippen LogP contribution is 2.21. The molecule has 2 aromatic rings. The van der Waals surface area contributed by atoms with Crippen molar-refractivity contribution in [3.63, 3.8) is 0 Å². The molecule has 2 aromatic heterocycles. The SMILES string of the molecule is CCc1nn(C)cc1CNc1nc(OC)ncc1Cl. The predicted octanol–water partition coefficient (Wildman–Crippen LogP) is 2.05. The van der Waals surface area contributed by atoms with Crippen molar-refractivity contribution in [2.24, 2.45) is 7.05 Å². The molecule has 0 radical (unpaired) electrons. The summed E-state index contributed by atoms with van der Waals surface area (Å²) in [6.07, 6.45) is 4.39. The minimum Gasteiger partial charge on any atom is -0.467 e. The van der Waals surface area contributed by atoms with Gasteiger partial charge in [-0.3, -0.25) is 4.68 Å². The largest absolute Gasteiger partial charge is 0.467 e. The Morgan fingerprint density at radius 1 is 1.47 bits per heavy atom. The fourth-order valence-corrected chi connectivity index (χ4v) is 1.94. The fourth-order valence-electron chi connectivity index (χ4n) is 1.78. The summed E-state index contributed by atoms with van der Waals surface area (Å²) in [5, 5.41) is 8.02. The molecule has 2 heterocycles. The van der Waals surface area contributed by atoms with Gasteiger partial charge in [0.25, 0.3) is 0 Å². The van der Waals surface area contributed by atoms with Crippen molar-refractivity contribution in [2.45, 2.75) is 19.9 Å². The van der Waals surface area contributed by atoms with Gasteiger partial charge in [-0.25, -0.2) is 4.98 Å². The van der Waals surface area contributed by atoms with Crippen LogP contribution in [-0.2, 0) is 20.0 Å². The maximum atomic E-state index is 6.03. The summed E-state index contributed by atoms with van der Waals surface area (Å²) in [5.41, 5.74) is 2.19. The molecule has 7 heteroatoms. The second-order valence-corrected chi connectivity index (χ2v) is 4.44. The number of anilines is 1. The lowest BCUT2D eigenvalue weighted by atomic mass is 10.2. The summed E-state index contributed by atoms with van der Waals surface area (Å²) in [4.78, 5) is 8.09. The van der Waals surface area contributed by atoms with Gasteiger partial charge in [0.15, 0.2) is 5.82 Å². The number of aromatic nitrogens is 4. The topological polar surface area (TPSA) is 64.9 Å². The van der Waals surface area contributed by atoms with E-state index in [4.69, 9.17) is 16.3 Å². The second-order valence-electron chi connectivity index (χ2n) is 4.04. The molecule has 0 aliphatic rings. The highest BCUT2D eigenvalue weighted by Gasteiger charge is 2.09. The van der Waals surface area contributed by atoms with Crippen LogP contribution in [0.2, 0.25) is 5.02 Å². The molecule has 2 rings (SSSR count). The van der Waals surface area contributed by atoms with E-state index in [0.717, 1.165) is 17.7 Å². The Kier molecular flexibility index (Phi) is 4.21. The van der Waals surface area contributed by atoms with E-state index in [1.165, 1.54) is 13.3 Å². The number of halogens is 1. The molecule has 1 N–H and O–H groups in total. The van der Waals surface area contributed by atoms with Crippen LogP contribution in [0.1, 0.15) is 18.2 Å². The first-order valence-electron chi connectivity index (χ1n) is 5.95. The Labute approximate surface area is 116 Å². The molecule has 0 aliphatic carbocycles. The lowest BCUT2D eigenvalue weighted by Crippen LogP contribution is -2.05. The van der Waals surface area contributed by atoms with Crippen molar-refractivity contribution in [1.82, 2.24) is 19.7 Å². The standard InChI is InChI=1S/C12H16ClN5O/c1-4-10-8(7-18(2)17-10)5-14-11-9(13)6-15-12(16-11)19-3/h6-7H,4-5H2,1-3H3,(H,14,15,16). The van der Waals surface area contributed by atoms with E-state index in [-0.39, 0.29) is 6.01 Å². The third kappa shape index (κ3) is 3.14. The lowest BCUT2D eigenvalue weighted by molar-refractivity contribution is 0.380. The van der Waals surface area contributed by atoms with Gasteiger partial charge in [0.05, 0.1) is 19.0 Å². The molecule has 19 heavy (non-hydrogen) atoms. The number of hydrogen-bond donors (Lipinski definition) is 1. The van der Waals surface area contributed by atoms with Gasteiger partial charge in [0.1, 0.15) is 5.02 Å². The van der Waals surface area contributed by atoms with Crippen LogP contribution in [0.15, 0.2) is 12.4 Å². The van der Waals surface area contributed by atoms with Crippen molar-refractivity contribution < 1.29 is 4.74 Å². The van der Waals surface area contributed by atoms with Gasteiger partial charge in [0.2, 0.25) is 0 Å².